The van der Waals surface area contributed by atoms with Gasteiger partial charge in [0.1, 0.15) is 17.8 Å². The molecule has 26 heavy (non-hydrogen) atoms. The number of amides is 1. The van der Waals surface area contributed by atoms with E-state index in [2.05, 4.69) is 34.3 Å². The van der Waals surface area contributed by atoms with Gasteiger partial charge in [-0.2, -0.15) is 0 Å². The number of fused-ring (bicyclic) bond motifs is 1. The first kappa shape index (κ1) is 16.3. The van der Waals surface area contributed by atoms with Crippen LogP contribution in [-0.4, -0.2) is 37.6 Å². The molecule has 1 aromatic carbocycles. The van der Waals surface area contributed by atoms with Gasteiger partial charge in [-0.3, -0.25) is 4.79 Å². The Kier molecular flexibility index (Phi) is 3.91. The Hall–Kier alpha value is -3.22. The number of pyridine rings is 1. The third kappa shape index (κ3) is 2.71. The first-order chi connectivity index (χ1) is 12.5. The zero-order chi connectivity index (χ0) is 18.3. The van der Waals surface area contributed by atoms with Gasteiger partial charge >= 0.3 is 0 Å². The van der Waals surface area contributed by atoms with Crippen molar-refractivity contribution in [2.75, 3.05) is 12.4 Å². The predicted molar refractivity (Wildman–Crippen MR) is 99.2 cm³/mol. The molecule has 7 nitrogen and oxygen atoms in total. The largest absolute Gasteiger partial charge is 0.340 e. The smallest absolute Gasteiger partial charge is 0.256 e. The lowest BCUT2D eigenvalue weighted by atomic mass is 10.1. The fourth-order valence-corrected chi connectivity index (χ4v) is 3.18. The molecule has 1 amide bonds. The molecule has 3 heterocycles. The minimum absolute atomic E-state index is 0.0267. The van der Waals surface area contributed by atoms with Gasteiger partial charge in [-0.05, 0) is 37.6 Å². The molecule has 0 saturated heterocycles. The van der Waals surface area contributed by atoms with E-state index in [9.17, 15) is 4.79 Å². The molecule has 7 heteroatoms. The van der Waals surface area contributed by atoms with Crippen molar-refractivity contribution in [3.63, 3.8) is 0 Å². The number of nitrogens with zero attached hydrogens (tertiary/aromatic N) is 5. The molecular formula is C19H20N6O. The van der Waals surface area contributed by atoms with Crippen molar-refractivity contribution in [1.29, 1.82) is 0 Å². The summed E-state index contributed by atoms with van der Waals surface area (Å²) in [4.78, 5) is 18.8. The fraction of sp³-hybridized carbons (Fsp3) is 0.263. The second kappa shape index (κ2) is 6.25. The lowest BCUT2D eigenvalue weighted by molar-refractivity contribution is 0.0817. The van der Waals surface area contributed by atoms with Crippen LogP contribution in [0.2, 0.25) is 0 Å². The summed E-state index contributed by atoms with van der Waals surface area (Å²) >= 11 is 0. The minimum Gasteiger partial charge on any atom is -0.340 e. The molecular weight excluding hydrogens is 328 g/mol. The number of benzene rings is 1. The van der Waals surface area contributed by atoms with E-state index in [4.69, 9.17) is 0 Å². The Bertz CT molecular complexity index is 978. The predicted octanol–water partition coefficient (Wildman–Crippen LogP) is 3.25. The average molecular weight is 348 g/mol. The summed E-state index contributed by atoms with van der Waals surface area (Å²) in [7, 11) is 1.81. The van der Waals surface area contributed by atoms with Crippen LogP contribution in [0.5, 0.6) is 0 Å². The van der Waals surface area contributed by atoms with Crippen molar-refractivity contribution in [3.8, 4) is 11.5 Å². The molecule has 0 unspecified atom stereocenters. The van der Waals surface area contributed by atoms with Gasteiger partial charge in [-0.15, -0.1) is 10.2 Å². The third-order valence-corrected chi connectivity index (χ3v) is 4.49. The van der Waals surface area contributed by atoms with Crippen LogP contribution in [0.4, 0.5) is 11.5 Å². The highest BCUT2D eigenvalue weighted by atomic mass is 16.2. The maximum atomic E-state index is 12.4. The van der Waals surface area contributed by atoms with Gasteiger partial charge in [0, 0.05) is 19.6 Å². The topological polar surface area (TPSA) is 75.9 Å². The van der Waals surface area contributed by atoms with E-state index >= 15 is 0 Å². The highest BCUT2D eigenvalue weighted by Crippen LogP contribution is 2.30. The Morgan fingerprint density at radius 1 is 1.15 bits per heavy atom. The van der Waals surface area contributed by atoms with Crippen LogP contribution in [0.25, 0.3) is 11.5 Å². The van der Waals surface area contributed by atoms with E-state index in [0.717, 1.165) is 22.8 Å². The lowest BCUT2D eigenvalue weighted by Gasteiger charge is -2.12. The van der Waals surface area contributed by atoms with Crippen LogP contribution in [-0.2, 0) is 6.54 Å². The zero-order valence-electron chi connectivity index (χ0n) is 15.0. The van der Waals surface area contributed by atoms with Crippen LogP contribution in [0.3, 0.4) is 0 Å². The van der Waals surface area contributed by atoms with Gasteiger partial charge < -0.3 is 14.8 Å². The molecule has 0 radical (unpaired) electrons. The second-order valence-corrected chi connectivity index (χ2v) is 6.69. The molecule has 1 aliphatic heterocycles. The molecule has 1 N–H and O–H groups in total. The van der Waals surface area contributed by atoms with E-state index in [1.807, 2.05) is 48.0 Å². The molecule has 1 aliphatic rings. The van der Waals surface area contributed by atoms with Gasteiger partial charge in [0.25, 0.3) is 5.91 Å². The van der Waals surface area contributed by atoms with Crippen LogP contribution >= 0.6 is 0 Å². The number of hydrogen-bond donors (Lipinski definition) is 1. The fourth-order valence-electron chi connectivity index (χ4n) is 3.18. The molecule has 0 fully saturated rings. The Labute approximate surface area is 151 Å². The van der Waals surface area contributed by atoms with Crippen LogP contribution < -0.4 is 5.32 Å². The van der Waals surface area contributed by atoms with E-state index in [1.165, 1.54) is 0 Å². The first-order valence-electron chi connectivity index (χ1n) is 8.56. The van der Waals surface area contributed by atoms with Crippen LogP contribution in [0.15, 0.2) is 42.7 Å². The summed E-state index contributed by atoms with van der Waals surface area (Å²) in [5, 5.41) is 11.5. The molecule has 0 aliphatic carbocycles. The number of aromatic nitrogens is 4. The van der Waals surface area contributed by atoms with Gasteiger partial charge in [0.05, 0.1) is 11.3 Å². The summed E-state index contributed by atoms with van der Waals surface area (Å²) in [6.45, 7) is 4.78. The SMILES string of the molecule is CC(C)n1cnnc1-c1cccc(Nc2cccc3c2C(=O)N(C)C3)n1. The Morgan fingerprint density at radius 2 is 1.96 bits per heavy atom. The first-order valence-corrected chi connectivity index (χ1v) is 8.56. The number of hydrogen-bond acceptors (Lipinski definition) is 5. The molecule has 2 aromatic heterocycles. The quantitative estimate of drug-likeness (QED) is 0.783. The standard InChI is InChI=1S/C19H20N6O/c1-12(2)25-11-20-23-18(25)15-8-5-9-16(22-15)21-14-7-4-6-13-10-24(3)19(26)17(13)14/h4-9,11-12H,10H2,1-3H3,(H,21,22). The summed E-state index contributed by atoms with van der Waals surface area (Å²) in [5.41, 5.74) is 3.25. The van der Waals surface area contributed by atoms with Gasteiger partial charge in [0.15, 0.2) is 5.82 Å². The number of nitrogens with one attached hydrogen (secondary N) is 1. The number of carbonyl (C=O) groups excluding carboxylic acids is 1. The molecule has 0 atom stereocenters. The number of rotatable bonds is 4. The van der Waals surface area contributed by atoms with E-state index in [1.54, 1.807) is 11.2 Å². The Morgan fingerprint density at radius 3 is 2.77 bits per heavy atom. The molecule has 0 saturated carbocycles. The highest BCUT2D eigenvalue weighted by molar-refractivity contribution is 6.03. The summed E-state index contributed by atoms with van der Waals surface area (Å²) < 4.78 is 1.98. The highest BCUT2D eigenvalue weighted by Gasteiger charge is 2.27. The maximum Gasteiger partial charge on any atom is 0.256 e. The lowest BCUT2D eigenvalue weighted by Crippen LogP contribution is -2.18. The Balaban J connectivity index is 1.69. The van der Waals surface area contributed by atoms with E-state index in [-0.39, 0.29) is 11.9 Å². The van der Waals surface area contributed by atoms with E-state index < -0.39 is 0 Å². The molecule has 132 valence electrons. The van der Waals surface area contributed by atoms with Gasteiger partial charge in [0.2, 0.25) is 0 Å². The van der Waals surface area contributed by atoms with E-state index in [0.29, 0.717) is 17.9 Å². The molecule has 0 bridgehead atoms. The van der Waals surface area contributed by atoms with Crippen molar-refractivity contribution in [2.45, 2.75) is 26.4 Å². The van der Waals surface area contributed by atoms with Crippen molar-refractivity contribution in [1.82, 2.24) is 24.6 Å². The summed E-state index contributed by atoms with van der Waals surface area (Å²) in [6.07, 6.45) is 1.71. The maximum absolute atomic E-state index is 12.4. The van der Waals surface area contributed by atoms with Crippen molar-refractivity contribution in [3.05, 3.63) is 53.9 Å². The third-order valence-electron chi connectivity index (χ3n) is 4.49. The number of anilines is 2. The molecule has 0 spiro atoms. The minimum atomic E-state index is 0.0267. The molecule has 4 rings (SSSR count). The van der Waals surface area contributed by atoms with Gasteiger partial charge in [-0.1, -0.05) is 18.2 Å². The zero-order valence-corrected chi connectivity index (χ0v) is 15.0. The van der Waals surface area contributed by atoms with Gasteiger partial charge in [-0.25, -0.2) is 4.98 Å². The van der Waals surface area contributed by atoms with Crippen molar-refractivity contribution in [2.24, 2.45) is 0 Å². The monoisotopic (exact) mass is 348 g/mol. The normalized spacial score (nSPS) is 13.4. The van der Waals surface area contributed by atoms with Crippen LogP contribution in [0.1, 0.15) is 35.8 Å². The van der Waals surface area contributed by atoms with Crippen molar-refractivity contribution < 1.29 is 4.79 Å². The second-order valence-electron chi connectivity index (χ2n) is 6.69. The van der Waals surface area contributed by atoms with Crippen LogP contribution in [0, 0.1) is 0 Å². The summed E-state index contributed by atoms with van der Waals surface area (Å²) in [5.74, 6) is 1.41. The number of carbonyl (C=O) groups is 1. The van der Waals surface area contributed by atoms with Crippen molar-refractivity contribution >= 4 is 17.4 Å². The summed E-state index contributed by atoms with van der Waals surface area (Å²) in [6, 6.07) is 11.8. The molecule has 3 aromatic rings. The average Bonchev–Trinajstić information content (AvgIpc) is 3.21.